The maximum atomic E-state index is 12.5. The lowest BCUT2D eigenvalue weighted by Crippen LogP contribution is -2.47. The highest BCUT2D eigenvalue weighted by Gasteiger charge is 2.27. The zero-order valence-electron chi connectivity index (χ0n) is 16.6. The van der Waals surface area contributed by atoms with Crippen molar-refractivity contribution in [3.8, 4) is 0 Å². The molecule has 1 aromatic carbocycles. The molecule has 0 spiro atoms. The minimum Gasteiger partial charge on any atom is -0.461 e. The minimum atomic E-state index is -1.42. The number of hydrogen-bond acceptors (Lipinski definition) is 6. The highest BCUT2D eigenvalue weighted by Crippen LogP contribution is 2.23. The third-order valence-corrected chi connectivity index (χ3v) is 4.52. The second-order valence-corrected chi connectivity index (χ2v) is 7.47. The van der Waals surface area contributed by atoms with Crippen molar-refractivity contribution in [2.24, 2.45) is 0 Å². The highest BCUT2D eigenvalue weighted by molar-refractivity contribution is 6.31. The van der Waals surface area contributed by atoms with E-state index in [0.717, 1.165) is 17.1 Å². The van der Waals surface area contributed by atoms with Gasteiger partial charge in [0.2, 0.25) is 11.7 Å². The van der Waals surface area contributed by atoms with E-state index in [9.17, 15) is 19.5 Å². The van der Waals surface area contributed by atoms with Gasteiger partial charge in [0.15, 0.2) is 0 Å². The molecule has 0 fully saturated rings. The SMILES string of the molecule is CC(C)OC(=O)[C@H](CCC(=O)C=[N+]=N)NC(=O)[C@@H](O)Cc1c[nH]c2cc(Cl)ccc12. The molecule has 2 rings (SSSR count). The average molecular weight is 436 g/mol. The van der Waals surface area contributed by atoms with Gasteiger partial charge in [0.05, 0.1) is 16.4 Å². The minimum absolute atomic E-state index is 0.0177. The molecule has 2 atom stereocenters. The summed E-state index contributed by atoms with van der Waals surface area (Å²) in [6.45, 7) is 3.32. The van der Waals surface area contributed by atoms with Crippen molar-refractivity contribution in [1.82, 2.24) is 10.3 Å². The molecule has 30 heavy (non-hydrogen) atoms. The fraction of sp³-hybridized carbons (Fsp3) is 0.400. The van der Waals surface area contributed by atoms with E-state index >= 15 is 0 Å². The van der Waals surface area contributed by atoms with Crippen molar-refractivity contribution in [3.05, 3.63) is 35.0 Å². The molecule has 0 unspecified atom stereocenters. The molecule has 1 heterocycles. The van der Waals surface area contributed by atoms with Gasteiger partial charge in [-0.3, -0.25) is 9.59 Å². The van der Waals surface area contributed by atoms with Gasteiger partial charge >= 0.3 is 12.2 Å². The fourth-order valence-corrected chi connectivity index (χ4v) is 3.05. The smallest absolute Gasteiger partial charge is 0.372 e. The van der Waals surface area contributed by atoms with Gasteiger partial charge in [-0.15, -0.1) is 0 Å². The summed E-state index contributed by atoms with van der Waals surface area (Å²) in [6.07, 6.45) is 0.542. The summed E-state index contributed by atoms with van der Waals surface area (Å²) >= 11 is 5.96. The van der Waals surface area contributed by atoms with E-state index in [2.05, 4.69) is 15.1 Å². The van der Waals surface area contributed by atoms with Crippen LogP contribution >= 0.6 is 11.6 Å². The molecule has 0 radical (unpaired) electrons. The second-order valence-electron chi connectivity index (χ2n) is 7.03. The van der Waals surface area contributed by atoms with Crippen LogP contribution in [-0.4, -0.2) is 57.0 Å². The van der Waals surface area contributed by atoms with Crippen molar-refractivity contribution < 1.29 is 29.0 Å². The van der Waals surface area contributed by atoms with Crippen molar-refractivity contribution in [2.45, 2.75) is 51.4 Å². The number of aliphatic hydroxyl groups is 1. The van der Waals surface area contributed by atoms with E-state index in [4.69, 9.17) is 21.9 Å². The normalized spacial score (nSPS) is 12.8. The maximum absolute atomic E-state index is 12.5. The summed E-state index contributed by atoms with van der Waals surface area (Å²) in [5.41, 5.74) is 8.16. The van der Waals surface area contributed by atoms with Crippen LogP contribution in [0.3, 0.4) is 0 Å². The number of benzene rings is 1. The van der Waals surface area contributed by atoms with Gasteiger partial charge in [0.25, 0.3) is 0 Å². The lowest BCUT2D eigenvalue weighted by Gasteiger charge is -2.20. The average Bonchev–Trinajstić information content (AvgIpc) is 3.06. The number of aliphatic hydroxyl groups excluding tert-OH is 1. The van der Waals surface area contributed by atoms with Crippen molar-refractivity contribution in [3.63, 3.8) is 0 Å². The third kappa shape index (κ3) is 6.52. The van der Waals surface area contributed by atoms with E-state index in [1.165, 1.54) is 0 Å². The summed E-state index contributed by atoms with van der Waals surface area (Å²) in [5.74, 6) is -1.92. The number of halogens is 1. The molecule has 9 nitrogen and oxygen atoms in total. The molecule has 2 aromatic rings. The Kier molecular flexibility index (Phi) is 8.29. The summed E-state index contributed by atoms with van der Waals surface area (Å²) in [6, 6.07) is 4.13. The van der Waals surface area contributed by atoms with Crippen molar-refractivity contribution >= 4 is 46.4 Å². The quantitative estimate of drug-likeness (QED) is 0.194. The number of aromatic nitrogens is 1. The highest BCUT2D eigenvalue weighted by atomic mass is 35.5. The van der Waals surface area contributed by atoms with Gasteiger partial charge in [-0.25, -0.2) is 4.79 Å². The van der Waals surface area contributed by atoms with Crippen LogP contribution in [0.5, 0.6) is 0 Å². The van der Waals surface area contributed by atoms with E-state index < -0.39 is 35.9 Å². The monoisotopic (exact) mass is 435 g/mol. The van der Waals surface area contributed by atoms with E-state index in [-0.39, 0.29) is 19.3 Å². The number of amides is 1. The molecule has 0 saturated heterocycles. The van der Waals surface area contributed by atoms with E-state index in [0.29, 0.717) is 10.6 Å². The number of ketones is 1. The van der Waals surface area contributed by atoms with Gasteiger partial charge in [0.1, 0.15) is 12.1 Å². The van der Waals surface area contributed by atoms with E-state index in [1.807, 2.05) is 0 Å². The Labute approximate surface area is 178 Å². The summed E-state index contributed by atoms with van der Waals surface area (Å²) < 4.78 is 5.13. The molecular weight excluding hydrogens is 412 g/mol. The molecule has 0 bridgehead atoms. The third-order valence-electron chi connectivity index (χ3n) is 4.29. The lowest BCUT2D eigenvalue weighted by molar-refractivity contribution is -0.152. The number of ether oxygens (including phenoxy) is 1. The Morgan fingerprint density at radius 1 is 1.37 bits per heavy atom. The van der Waals surface area contributed by atoms with Crippen LogP contribution in [0.2, 0.25) is 5.02 Å². The van der Waals surface area contributed by atoms with Gasteiger partial charge in [-0.2, -0.15) is 0 Å². The van der Waals surface area contributed by atoms with Crippen LogP contribution in [0.1, 0.15) is 32.3 Å². The second kappa shape index (κ2) is 10.7. The summed E-state index contributed by atoms with van der Waals surface area (Å²) in [5, 5.41) is 14.2. The van der Waals surface area contributed by atoms with Crippen LogP contribution in [0.25, 0.3) is 10.9 Å². The first-order valence-electron chi connectivity index (χ1n) is 9.38. The molecule has 0 aliphatic carbocycles. The molecule has 4 N–H and O–H groups in total. The number of nitrogens with one attached hydrogen (secondary N) is 3. The number of hydrogen-bond donors (Lipinski definition) is 4. The number of nitrogens with zero attached hydrogens (tertiary/aromatic N) is 1. The zero-order chi connectivity index (χ0) is 22.3. The first kappa shape index (κ1) is 23.3. The summed E-state index contributed by atoms with van der Waals surface area (Å²) in [7, 11) is 0. The number of esters is 1. The Hall–Kier alpha value is -3.00. The van der Waals surface area contributed by atoms with Crippen LogP contribution in [0.4, 0.5) is 0 Å². The van der Waals surface area contributed by atoms with Crippen LogP contribution < -0.4 is 5.32 Å². The Balaban J connectivity index is 2.07. The van der Waals surface area contributed by atoms with Gasteiger partial charge in [-0.1, -0.05) is 17.7 Å². The summed E-state index contributed by atoms with van der Waals surface area (Å²) in [4.78, 5) is 42.3. The van der Waals surface area contributed by atoms with Crippen LogP contribution in [-0.2, 0) is 25.5 Å². The lowest BCUT2D eigenvalue weighted by atomic mass is 10.0. The number of H-pyrrole nitrogens is 1. The predicted molar refractivity (Wildman–Crippen MR) is 109 cm³/mol. The molecule has 0 saturated carbocycles. The predicted octanol–water partition coefficient (Wildman–Crippen LogP) is 1.82. The number of carbonyl (C=O) groups is 3. The molecule has 0 aliphatic rings. The Bertz CT molecular complexity index is 981. The maximum Gasteiger partial charge on any atom is 0.372 e. The van der Waals surface area contributed by atoms with Crippen molar-refractivity contribution in [2.75, 3.05) is 0 Å². The molecule has 0 aliphatic heterocycles. The first-order chi connectivity index (χ1) is 14.2. The number of carbonyl (C=O) groups excluding carboxylic acids is 3. The van der Waals surface area contributed by atoms with Crippen LogP contribution in [0.15, 0.2) is 24.4 Å². The molecular formula is C20H24ClN4O5+. The van der Waals surface area contributed by atoms with Crippen LogP contribution in [0, 0.1) is 5.53 Å². The molecule has 10 heteroatoms. The van der Waals surface area contributed by atoms with Gasteiger partial charge in [0, 0.05) is 35.0 Å². The number of aromatic amines is 1. The Morgan fingerprint density at radius 3 is 2.77 bits per heavy atom. The number of fused-ring (bicyclic) bond motifs is 1. The fourth-order valence-electron chi connectivity index (χ4n) is 2.88. The van der Waals surface area contributed by atoms with Gasteiger partial charge in [-0.05, 0) is 38.0 Å². The zero-order valence-corrected chi connectivity index (χ0v) is 17.4. The first-order valence-corrected chi connectivity index (χ1v) is 9.76. The number of Topliss-reactive ketones (excluding diaryl/α,β-unsaturated/α-hetero) is 1. The number of rotatable bonds is 10. The molecule has 1 aromatic heterocycles. The topological polar surface area (TPSA) is 146 Å². The van der Waals surface area contributed by atoms with Gasteiger partial charge < -0.3 is 20.1 Å². The molecule has 160 valence electrons. The van der Waals surface area contributed by atoms with Crippen molar-refractivity contribution in [1.29, 1.82) is 5.53 Å². The Morgan fingerprint density at radius 2 is 2.10 bits per heavy atom. The largest absolute Gasteiger partial charge is 0.461 e. The standard InChI is InChI=1S/C20H23ClN4O5/c1-11(2)30-20(29)16(6-4-14(26)10-24-22)25-19(28)18(27)7-12-9-23-17-8-13(21)3-5-15(12)17/h3,5,8-11,16,18,22-23,27H,4,6-7H2,1-2H3/p+1/t16-,18-/m0/s1. The molecule has 1 amide bonds. The van der Waals surface area contributed by atoms with E-state index in [1.54, 1.807) is 38.2 Å².